The van der Waals surface area contributed by atoms with Gasteiger partial charge in [0.25, 0.3) is 0 Å². The van der Waals surface area contributed by atoms with Gasteiger partial charge in [-0.05, 0) is 37.1 Å². The predicted octanol–water partition coefficient (Wildman–Crippen LogP) is 1.75. The zero-order valence-electron chi connectivity index (χ0n) is 12.7. The number of nitrogens with zero attached hydrogens (tertiary/aromatic N) is 4. The Morgan fingerprint density at radius 1 is 1.24 bits per heavy atom. The molecule has 2 aliphatic rings. The molecule has 3 heterocycles. The van der Waals surface area contributed by atoms with Crippen LogP contribution in [0.1, 0.15) is 12.8 Å². The van der Waals surface area contributed by atoms with Gasteiger partial charge in [-0.2, -0.15) is 0 Å². The van der Waals surface area contributed by atoms with Crippen molar-refractivity contribution in [2.75, 3.05) is 57.1 Å². The molecule has 1 aromatic heterocycles. The molecule has 2 fully saturated rings. The van der Waals surface area contributed by atoms with E-state index in [1.807, 2.05) is 6.26 Å². The highest BCUT2D eigenvalue weighted by atomic mass is 32.2. The van der Waals surface area contributed by atoms with Crippen molar-refractivity contribution >= 4 is 17.6 Å². The molecule has 3 rings (SSSR count). The second kappa shape index (κ2) is 7.42. The highest BCUT2D eigenvalue weighted by Crippen LogP contribution is 2.23. The Bertz CT molecular complexity index is 436. The number of morpholine rings is 1. The third-order valence-corrected chi connectivity index (χ3v) is 4.93. The van der Waals surface area contributed by atoms with Crippen LogP contribution in [0.4, 0.5) is 5.82 Å². The van der Waals surface area contributed by atoms with Crippen molar-refractivity contribution in [3.05, 3.63) is 12.1 Å². The zero-order valence-corrected chi connectivity index (χ0v) is 13.5. The Morgan fingerprint density at radius 3 is 2.81 bits per heavy atom. The molecule has 0 saturated carbocycles. The maximum atomic E-state index is 5.43. The topological polar surface area (TPSA) is 41.5 Å². The van der Waals surface area contributed by atoms with E-state index in [-0.39, 0.29) is 0 Å². The Kier molecular flexibility index (Phi) is 5.32. The molecule has 1 aromatic rings. The highest BCUT2D eigenvalue weighted by molar-refractivity contribution is 7.98. The van der Waals surface area contributed by atoms with Gasteiger partial charge in [0.2, 0.25) is 0 Å². The molecule has 0 aromatic carbocycles. The SMILES string of the molecule is CSc1ccc(N2CCCC(CN3CCOCC3)C2)nn1. The van der Waals surface area contributed by atoms with Gasteiger partial charge in [-0.1, -0.05) is 0 Å². The molecule has 6 heteroatoms. The number of rotatable bonds is 4. The minimum atomic E-state index is 0.735. The summed E-state index contributed by atoms with van der Waals surface area (Å²) in [5, 5.41) is 9.62. The molecule has 2 saturated heterocycles. The summed E-state index contributed by atoms with van der Waals surface area (Å²) in [5.41, 5.74) is 0. The quantitative estimate of drug-likeness (QED) is 0.789. The number of aromatic nitrogens is 2. The monoisotopic (exact) mass is 308 g/mol. The van der Waals surface area contributed by atoms with Crippen LogP contribution in [0.25, 0.3) is 0 Å². The van der Waals surface area contributed by atoms with Gasteiger partial charge in [-0.15, -0.1) is 22.0 Å². The van der Waals surface area contributed by atoms with Crippen molar-refractivity contribution in [1.82, 2.24) is 15.1 Å². The first kappa shape index (κ1) is 15.1. The van der Waals surface area contributed by atoms with Crippen molar-refractivity contribution in [2.45, 2.75) is 17.9 Å². The third-order valence-electron chi connectivity index (χ3n) is 4.30. The summed E-state index contributed by atoms with van der Waals surface area (Å²) in [4.78, 5) is 4.94. The molecule has 0 amide bonds. The molecule has 1 unspecified atom stereocenters. The first-order valence-electron chi connectivity index (χ1n) is 7.78. The van der Waals surface area contributed by atoms with Crippen LogP contribution in [0.3, 0.4) is 0 Å². The van der Waals surface area contributed by atoms with Crippen LogP contribution in [0, 0.1) is 5.92 Å². The maximum Gasteiger partial charge on any atom is 0.151 e. The van der Waals surface area contributed by atoms with Gasteiger partial charge in [0, 0.05) is 32.7 Å². The zero-order chi connectivity index (χ0) is 14.5. The maximum absolute atomic E-state index is 5.43. The molecule has 1 atom stereocenters. The first-order valence-corrected chi connectivity index (χ1v) is 9.00. The van der Waals surface area contributed by atoms with Gasteiger partial charge in [0.1, 0.15) is 5.03 Å². The summed E-state index contributed by atoms with van der Waals surface area (Å²) in [7, 11) is 0. The lowest BCUT2D eigenvalue weighted by Crippen LogP contribution is -2.44. The molecule has 21 heavy (non-hydrogen) atoms. The Hall–Kier alpha value is -0.850. The molecular formula is C15H24N4OS. The standard InChI is InChI=1S/C15H24N4OS/c1-21-15-5-4-14(16-17-15)19-6-2-3-13(12-19)11-18-7-9-20-10-8-18/h4-5,13H,2-3,6-12H2,1H3. The molecule has 5 nitrogen and oxygen atoms in total. The van der Waals surface area contributed by atoms with Gasteiger partial charge < -0.3 is 9.64 Å². The van der Waals surface area contributed by atoms with Crippen LogP contribution < -0.4 is 4.90 Å². The molecule has 0 aliphatic carbocycles. The highest BCUT2D eigenvalue weighted by Gasteiger charge is 2.24. The van der Waals surface area contributed by atoms with Gasteiger partial charge in [0.05, 0.1) is 13.2 Å². The smallest absolute Gasteiger partial charge is 0.151 e. The van der Waals surface area contributed by atoms with Crippen LogP contribution >= 0.6 is 11.8 Å². The van der Waals surface area contributed by atoms with Crippen LogP contribution in [-0.2, 0) is 4.74 Å². The third kappa shape index (κ3) is 4.08. The van der Waals surface area contributed by atoms with E-state index in [1.54, 1.807) is 11.8 Å². The van der Waals surface area contributed by atoms with Gasteiger partial charge in [0.15, 0.2) is 5.82 Å². The van der Waals surface area contributed by atoms with E-state index < -0.39 is 0 Å². The minimum Gasteiger partial charge on any atom is -0.379 e. The Balaban J connectivity index is 1.56. The van der Waals surface area contributed by atoms with Crippen LogP contribution in [0.5, 0.6) is 0 Å². The van der Waals surface area contributed by atoms with Gasteiger partial charge in [-0.25, -0.2) is 0 Å². The lowest BCUT2D eigenvalue weighted by Gasteiger charge is -2.37. The minimum absolute atomic E-state index is 0.735. The molecule has 2 aliphatic heterocycles. The van der Waals surface area contributed by atoms with Crippen LogP contribution in [0.2, 0.25) is 0 Å². The number of hydrogen-bond acceptors (Lipinski definition) is 6. The molecular weight excluding hydrogens is 284 g/mol. The summed E-state index contributed by atoms with van der Waals surface area (Å²) in [6, 6.07) is 4.18. The number of piperidine rings is 1. The van der Waals surface area contributed by atoms with Gasteiger partial charge in [-0.3, -0.25) is 4.90 Å². The second-order valence-electron chi connectivity index (χ2n) is 5.80. The number of anilines is 1. The second-order valence-corrected chi connectivity index (χ2v) is 6.63. The lowest BCUT2D eigenvalue weighted by atomic mass is 9.97. The fourth-order valence-electron chi connectivity index (χ4n) is 3.16. The summed E-state index contributed by atoms with van der Waals surface area (Å²) in [6.07, 6.45) is 4.61. The van der Waals surface area contributed by atoms with E-state index in [0.717, 1.165) is 56.2 Å². The summed E-state index contributed by atoms with van der Waals surface area (Å²) in [5.74, 6) is 1.76. The van der Waals surface area contributed by atoms with Crippen molar-refractivity contribution in [1.29, 1.82) is 0 Å². The first-order chi connectivity index (χ1) is 10.3. The van der Waals surface area contributed by atoms with Crippen molar-refractivity contribution in [3.8, 4) is 0 Å². The number of thioether (sulfide) groups is 1. The van der Waals surface area contributed by atoms with E-state index in [2.05, 4.69) is 32.1 Å². The fraction of sp³-hybridized carbons (Fsp3) is 0.733. The molecule has 0 N–H and O–H groups in total. The lowest BCUT2D eigenvalue weighted by molar-refractivity contribution is 0.0296. The molecule has 0 bridgehead atoms. The van der Waals surface area contributed by atoms with Crippen molar-refractivity contribution in [2.24, 2.45) is 5.92 Å². The Morgan fingerprint density at radius 2 is 2.10 bits per heavy atom. The predicted molar refractivity (Wildman–Crippen MR) is 86.0 cm³/mol. The summed E-state index contributed by atoms with van der Waals surface area (Å²) >= 11 is 1.64. The molecule has 0 spiro atoms. The van der Waals surface area contributed by atoms with Crippen LogP contribution in [0.15, 0.2) is 17.2 Å². The van der Waals surface area contributed by atoms with E-state index >= 15 is 0 Å². The summed E-state index contributed by atoms with van der Waals surface area (Å²) in [6.45, 7) is 7.33. The fourth-order valence-corrected chi connectivity index (χ4v) is 3.49. The molecule has 116 valence electrons. The number of hydrogen-bond donors (Lipinski definition) is 0. The van der Waals surface area contributed by atoms with Crippen LogP contribution in [-0.4, -0.2) is 67.3 Å². The van der Waals surface area contributed by atoms with Crippen molar-refractivity contribution < 1.29 is 4.74 Å². The largest absolute Gasteiger partial charge is 0.379 e. The van der Waals surface area contributed by atoms with Gasteiger partial charge >= 0.3 is 0 Å². The Labute approximate surface area is 131 Å². The average Bonchev–Trinajstić information content (AvgIpc) is 2.56. The van der Waals surface area contributed by atoms with E-state index in [0.29, 0.717) is 0 Å². The van der Waals surface area contributed by atoms with E-state index in [1.165, 1.54) is 19.4 Å². The van der Waals surface area contributed by atoms with E-state index in [9.17, 15) is 0 Å². The molecule has 0 radical (unpaired) electrons. The summed E-state index contributed by atoms with van der Waals surface area (Å²) < 4.78 is 5.43. The number of ether oxygens (including phenoxy) is 1. The van der Waals surface area contributed by atoms with E-state index in [4.69, 9.17) is 4.74 Å². The normalized spacial score (nSPS) is 24.2. The van der Waals surface area contributed by atoms with Crippen molar-refractivity contribution in [3.63, 3.8) is 0 Å². The average molecular weight is 308 g/mol.